The Kier molecular flexibility index (Phi) is 5.94. The van der Waals surface area contributed by atoms with Crippen molar-refractivity contribution in [2.24, 2.45) is 0 Å². The Morgan fingerprint density at radius 3 is 2.57 bits per heavy atom. The van der Waals surface area contributed by atoms with Gasteiger partial charge in [-0.25, -0.2) is 0 Å². The van der Waals surface area contributed by atoms with Crippen molar-refractivity contribution < 1.29 is 0 Å². The standard InChI is InChI=1S/C28H32N2/c1-5-9-21-16-20(3)24(26-12-7-6-11-25(21)26)13-8-10-19(2)28-18-22-17-23(29-4)14-15-27(22)30-28/h6-7,11-12,14-18,29-30H,2,5,8-10,13H2,1,3-4H3. The van der Waals surface area contributed by atoms with Gasteiger partial charge in [0.2, 0.25) is 0 Å². The third kappa shape index (κ3) is 4.00. The molecule has 4 rings (SSSR count). The smallest absolute Gasteiger partial charge is 0.0460 e. The SMILES string of the molecule is C=C(CCCc1c(C)cc(CCC)c2ccccc12)c1cc2cc(NC)ccc2[nH]1. The van der Waals surface area contributed by atoms with E-state index in [0.29, 0.717) is 0 Å². The first-order valence-corrected chi connectivity index (χ1v) is 11.1. The van der Waals surface area contributed by atoms with Crippen molar-refractivity contribution in [1.82, 2.24) is 4.98 Å². The van der Waals surface area contributed by atoms with Gasteiger partial charge in [-0.3, -0.25) is 0 Å². The summed E-state index contributed by atoms with van der Waals surface area (Å²) in [4.78, 5) is 3.53. The Balaban J connectivity index is 1.50. The van der Waals surface area contributed by atoms with E-state index in [4.69, 9.17) is 0 Å². The van der Waals surface area contributed by atoms with E-state index in [0.717, 1.165) is 37.1 Å². The number of hydrogen-bond donors (Lipinski definition) is 2. The highest BCUT2D eigenvalue weighted by Crippen LogP contribution is 2.30. The van der Waals surface area contributed by atoms with Gasteiger partial charge in [0.05, 0.1) is 0 Å². The molecule has 0 saturated carbocycles. The molecule has 154 valence electrons. The van der Waals surface area contributed by atoms with Gasteiger partial charge in [0.1, 0.15) is 0 Å². The van der Waals surface area contributed by atoms with Gasteiger partial charge in [0.25, 0.3) is 0 Å². The predicted octanol–water partition coefficient (Wildman–Crippen LogP) is 7.66. The van der Waals surface area contributed by atoms with E-state index in [9.17, 15) is 0 Å². The number of benzene rings is 3. The van der Waals surface area contributed by atoms with Crippen LogP contribution in [0.15, 0.2) is 61.2 Å². The van der Waals surface area contributed by atoms with E-state index in [1.807, 2.05) is 7.05 Å². The molecule has 2 N–H and O–H groups in total. The van der Waals surface area contributed by atoms with Crippen LogP contribution < -0.4 is 5.32 Å². The molecule has 2 heteroatoms. The zero-order valence-electron chi connectivity index (χ0n) is 18.4. The molecule has 0 saturated heterocycles. The third-order valence-electron chi connectivity index (χ3n) is 6.18. The summed E-state index contributed by atoms with van der Waals surface area (Å²) in [7, 11) is 1.95. The van der Waals surface area contributed by atoms with Gasteiger partial charge in [-0.05, 0) is 89.9 Å². The van der Waals surface area contributed by atoms with Gasteiger partial charge in [-0.2, -0.15) is 0 Å². The number of aromatic nitrogens is 1. The minimum absolute atomic E-state index is 0.996. The van der Waals surface area contributed by atoms with Crippen molar-refractivity contribution in [3.63, 3.8) is 0 Å². The molecule has 30 heavy (non-hydrogen) atoms. The third-order valence-corrected chi connectivity index (χ3v) is 6.18. The summed E-state index contributed by atoms with van der Waals surface area (Å²) in [5.74, 6) is 0. The van der Waals surface area contributed by atoms with Crippen molar-refractivity contribution in [1.29, 1.82) is 0 Å². The average molecular weight is 397 g/mol. The van der Waals surface area contributed by atoms with Crippen LogP contribution in [0.1, 0.15) is 48.6 Å². The minimum atomic E-state index is 0.996. The van der Waals surface area contributed by atoms with Crippen LogP contribution in [-0.4, -0.2) is 12.0 Å². The molecule has 1 aromatic heterocycles. The lowest BCUT2D eigenvalue weighted by Gasteiger charge is -2.15. The Morgan fingerprint density at radius 2 is 1.80 bits per heavy atom. The lowest BCUT2D eigenvalue weighted by atomic mass is 9.90. The lowest BCUT2D eigenvalue weighted by Crippen LogP contribution is -1.97. The van der Waals surface area contributed by atoms with E-state index in [1.165, 1.54) is 50.4 Å². The highest BCUT2D eigenvalue weighted by atomic mass is 14.8. The van der Waals surface area contributed by atoms with Crippen LogP contribution >= 0.6 is 0 Å². The summed E-state index contributed by atoms with van der Waals surface area (Å²) in [6, 6.07) is 19.9. The Morgan fingerprint density at radius 1 is 1.00 bits per heavy atom. The molecule has 0 unspecified atom stereocenters. The van der Waals surface area contributed by atoms with E-state index in [1.54, 1.807) is 0 Å². The van der Waals surface area contributed by atoms with E-state index >= 15 is 0 Å². The van der Waals surface area contributed by atoms with Crippen LogP contribution in [0, 0.1) is 6.92 Å². The largest absolute Gasteiger partial charge is 0.388 e. The second-order valence-corrected chi connectivity index (χ2v) is 8.32. The molecular formula is C28H32N2. The molecule has 2 nitrogen and oxygen atoms in total. The normalized spacial score (nSPS) is 11.3. The number of allylic oxidation sites excluding steroid dienone is 1. The maximum Gasteiger partial charge on any atom is 0.0460 e. The number of aryl methyl sites for hydroxylation is 3. The van der Waals surface area contributed by atoms with Crippen molar-refractivity contribution in [2.75, 3.05) is 12.4 Å². The first kappa shape index (κ1) is 20.3. The fourth-order valence-corrected chi connectivity index (χ4v) is 4.56. The molecule has 0 aliphatic rings. The zero-order chi connectivity index (χ0) is 21.1. The van der Waals surface area contributed by atoms with E-state index in [-0.39, 0.29) is 0 Å². The Labute approximate surface area is 180 Å². The molecule has 3 aromatic carbocycles. The maximum absolute atomic E-state index is 4.37. The number of H-pyrrole nitrogens is 1. The van der Waals surface area contributed by atoms with Crippen molar-refractivity contribution in [2.45, 2.75) is 46.0 Å². The first-order valence-electron chi connectivity index (χ1n) is 11.1. The molecule has 0 atom stereocenters. The summed E-state index contributed by atoms with van der Waals surface area (Å²) in [5.41, 5.74) is 9.03. The molecule has 0 bridgehead atoms. The average Bonchev–Trinajstić information content (AvgIpc) is 3.19. The quantitative estimate of drug-likeness (QED) is 0.314. The zero-order valence-corrected chi connectivity index (χ0v) is 18.4. The van der Waals surface area contributed by atoms with Crippen molar-refractivity contribution in [3.05, 3.63) is 83.6 Å². The van der Waals surface area contributed by atoms with Crippen LogP contribution in [0.4, 0.5) is 5.69 Å². The van der Waals surface area contributed by atoms with Crippen molar-refractivity contribution >= 4 is 32.9 Å². The minimum Gasteiger partial charge on any atom is -0.388 e. The van der Waals surface area contributed by atoms with Crippen LogP contribution in [0.5, 0.6) is 0 Å². The van der Waals surface area contributed by atoms with Gasteiger partial charge in [-0.1, -0.05) is 50.3 Å². The second-order valence-electron chi connectivity index (χ2n) is 8.32. The first-order chi connectivity index (χ1) is 14.6. The van der Waals surface area contributed by atoms with E-state index in [2.05, 4.69) is 85.3 Å². The van der Waals surface area contributed by atoms with Crippen LogP contribution in [0.25, 0.3) is 27.2 Å². The highest BCUT2D eigenvalue weighted by molar-refractivity contribution is 5.90. The fourth-order valence-electron chi connectivity index (χ4n) is 4.56. The number of anilines is 1. The summed E-state index contributed by atoms with van der Waals surface area (Å²) in [6.45, 7) is 8.90. The number of hydrogen-bond acceptors (Lipinski definition) is 1. The number of nitrogens with one attached hydrogen (secondary N) is 2. The van der Waals surface area contributed by atoms with Gasteiger partial charge in [0, 0.05) is 29.3 Å². The number of fused-ring (bicyclic) bond motifs is 2. The fraction of sp³-hybridized carbons (Fsp3) is 0.286. The predicted molar refractivity (Wildman–Crippen MR) is 132 cm³/mol. The maximum atomic E-state index is 4.37. The molecule has 1 heterocycles. The number of aromatic amines is 1. The number of rotatable bonds is 8. The topological polar surface area (TPSA) is 27.8 Å². The van der Waals surface area contributed by atoms with Crippen LogP contribution in [-0.2, 0) is 12.8 Å². The Hall–Kier alpha value is -3.00. The van der Waals surface area contributed by atoms with Crippen LogP contribution in [0.3, 0.4) is 0 Å². The van der Waals surface area contributed by atoms with Gasteiger partial charge < -0.3 is 10.3 Å². The Bertz CT molecular complexity index is 1200. The molecule has 0 fully saturated rings. The molecule has 0 aliphatic heterocycles. The lowest BCUT2D eigenvalue weighted by molar-refractivity contribution is 0.850. The van der Waals surface area contributed by atoms with Crippen LogP contribution in [0.2, 0.25) is 0 Å². The molecule has 0 radical (unpaired) electrons. The molecular weight excluding hydrogens is 364 g/mol. The summed E-state index contributed by atoms with van der Waals surface area (Å²) < 4.78 is 0. The summed E-state index contributed by atoms with van der Waals surface area (Å²) in [6.07, 6.45) is 5.52. The van der Waals surface area contributed by atoms with Gasteiger partial charge >= 0.3 is 0 Å². The van der Waals surface area contributed by atoms with Gasteiger partial charge in [0.15, 0.2) is 0 Å². The summed E-state index contributed by atoms with van der Waals surface area (Å²) in [5, 5.41) is 7.29. The molecule has 4 aromatic rings. The van der Waals surface area contributed by atoms with E-state index < -0.39 is 0 Å². The molecule has 0 spiro atoms. The van der Waals surface area contributed by atoms with Gasteiger partial charge in [-0.15, -0.1) is 0 Å². The highest BCUT2D eigenvalue weighted by Gasteiger charge is 2.10. The summed E-state index contributed by atoms with van der Waals surface area (Å²) >= 11 is 0. The second kappa shape index (κ2) is 8.79. The molecule has 0 aliphatic carbocycles. The molecule has 0 amide bonds. The van der Waals surface area contributed by atoms with Crippen molar-refractivity contribution in [3.8, 4) is 0 Å². The monoisotopic (exact) mass is 396 g/mol.